The van der Waals surface area contributed by atoms with Gasteiger partial charge < -0.3 is 0 Å². The van der Waals surface area contributed by atoms with Crippen LogP contribution in [0.2, 0.25) is 0 Å². The molecule has 1 atom stereocenters. The molecular formula is C17H15NO. The van der Waals surface area contributed by atoms with Gasteiger partial charge in [0.15, 0.2) is 0 Å². The zero-order valence-electron chi connectivity index (χ0n) is 10.6. The lowest BCUT2D eigenvalue weighted by atomic mass is 10.0. The Balaban J connectivity index is 1.84. The number of hydrogen-bond acceptors (Lipinski definition) is 2. The number of rotatable bonds is 3. The van der Waals surface area contributed by atoms with Crippen LogP contribution in [0.3, 0.4) is 0 Å². The first-order chi connectivity index (χ1) is 9.36. The van der Waals surface area contributed by atoms with Crippen molar-refractivity contribution < 1.29 is 4.79 Å². The van der Waals surface area contributed by atoms with Crippen molar-refractivity contribution in [2.75, 3.05) is 0 Å². The molecule has 1 unspecified atom stereocenters. The highest BCUT2D eigenvalue weighted by atomic mass is 16.1. The maximum atomic E-state index is 10.6. The summed E-state index contributed by atoms with van der Waals surface area (Å²) in [4.78, 5) is 15.5. The summed E-state index contributed by atoms with van der Waals surface area (Å²) in [6, 6.07) is 18.3. The lowest BCUT2D eigenvalue weighted by Gasteiger charge is -2.06. The molecule has 0 amide bonds. The van der Waals surface area contributed by atoms with Gasteiger partial charge in [-0.25, -0.2) is 0 Å². The molecule has 0 aliphatic carbocycles. The molecule has 1 aliphatic rings. The van der Waals surface area contributed by atoms with E-state index in [9.17, 15) is 4.79 Å². The molecule has 3 rings (SSSR count). The van der Waals surface area contributed by atoms with Gasteiger partial charge in [-0.05, 0) is 24.0 Å². The number of nitrogens with zero attached hydrogens (tertiary/aromatic N) is 1. The normalized spacial score (nSPS) is 18.1. The van der Waals surface area contributed by atoms with Crippen LogP contribution >= 0.6 is 0 Å². The maximum absolute atomic E-state index is 10.6. The van der Waals surface area contributed by atoms with Crippen molar-refractivity contribution in [3.8, 4) is 0 Å². The Hall–Kier alpha value is -2.22. The standard InChI is InChI=1S/C17H15NO/c19-12-13-6-8-15(9-7-13)17-11-10-16(18-17)14-4-2-1-3-5-14/h1-9,12,17H,10-11H2. The summed E-state index contributed by atoms with van der Waals surface area (Å²) in [5.41, 5.74) is 4.31. The molecule has 0 radical (unpaired) electrons. The molecular weight excluding hydrogens is 234 g/mol. The van der Waals surface area contributed by atoms with E-state index in [2.05, 4.69) is 12.1 Å². The number of carbonyl (C=O) groups is 1. The molecule has 1 heterocycles. The SMILES string of the molecule is O=Cc1ccc(C2CCC(c3ccccc3)=N2)cc1. The average Bonchev–Trinajstić information content (AvgIpc) is 2.98. The molecule has 0 saturated heterocycles. The van der Waals surface area contributed by atoms with Gasteiger partial charge in [-0.2, -0.15) is 0 Å². The zero-order valence-corrected chi connectivity index (χ0v) is 10.6. The van der Waals surface area contributed by atoms with Crippen LogP contribution < -0.4 is 0 Å². The second-order valence-electron chi connectivity index (χ2n) is 4.78. The number of aldehydes is 1. The van der Waals surface area contributed by atoms with Gasteiger partial charge in [-0.1, -0.05) is 54.6 Å². The van der Waals surface area contributed by atoms with Gasteiger partial charge in [0, 0.05) is 11.3 Å². The summed E-state index contributed by atoms with van der Waals surface area (Å²) in [6.07, 6.45) is 2.94. The van der Waals surface area contributed by atoms with Crippen LogP contribution in [-0.4, -0.2) is 12.0 Å². The minimum Gasteiger partial charge on any atom is -0.298 e. The van der Waals surface area contributed by atoms with E-state index >= 15 is 0 Å². The summed E-state index contributed by atoms with van der Waals surface area (Å²) >= 11 is 0. The summed E-state index contributed by atoms with van der Waals surface area (Å²) in [7, 11) is 0. The molecule has 0 aromatic heterocycles. The van der Waals surface area contributed by atoms with Crippen molar-refractivity contribution in [1.29, 1.82) is 0 Å². The second-order valence-corrected chi connectivity index (χ2v) is 4.78. The fourth-order valence-electron chi connectivity index (χ4n) is 2.48. The van der Waals surface area contributed by atoms with Crippen molar-refractivity contribution in [1.82, 2.24) is 0 Å². The molecule has 2 heteroatoms. The van der Waals surface area contributed by atoms with Crippen molar-refractivity contribution >= 4 is 12.0 Å². The topological polar surface area (TPSA) is 29.4 Å². The van der Waals surface area contributed by atoms with Gasteiger partial charge in [0.05, 0.1) is 6.04 Å². The van der Waals surface area contributed by atoms with E-state index < -0.39 is 0 Å². The summed E-state index contributed by atoms with van der Waals surface area (Å²) in [6.45, 7) is 0. The van der Waals surface area contributed by atoms with E-state index in [1.165, 1.54) is 16.8 Å². The third-order valence-electron chi connectivity index (χ3n) is 3.53. The van der Waals surface area contributed by atoms with Gasteiger partial charge in [-0.3, -0.25) is 9.79 Å². The molecule has 2 aromatic carbocycles. The summed E-state index contributed by atoms with van der Waals surface area (Å²) in [5, 5.41) is 0. The molecule has 0 spiro atoms. The molecule has 19 heavy (non-hydrogen) atoms. The van der Waals surface area contributed by atoms with Crippen LogP contribution in [0, 0.1) is 0 Å². The predicted molar refractivity (Wildman–Crippen MR) is 76.8 cm³/mol. The summed E-state index contributed by atoms with van der Waals surface area (Å²) < 4.78 is 0. The number of hydrogen-bond donors (Lipinski definition) is 0. The first-order valence-electron chi connectivity index (χ1n) is 6.54. The highest BCUT2D eigenvalue weighted by Crippen LogP contribution is 2.30. The monoisotopic (exact) mass is 249 g/mol. The Morgan fingerprint density at radius 3 is 2.42 bits per heavy atom. The Labute approximate surface area is 112 Å². The molecule has 0 saturated carbocycles. The van der Waals surface area contributed by atoms with Gasteiger partial charge in [-0.15, -0.1) is 0 Å². The predicted octanol–water partition coefficient (Wildman–Crippen LogP) is 3.82. The van der Waals surface area contributed by atoms with Crippen LogP contribution in [0.1, 0.15) is 40.4 Å². The lowest BCUT2D eigenvalue weighted by Crippen LogP contribution is -1.94. The quantitative estimate of drug-likeness (QED) is 0.760. The largest absolute Gasteiger partial charge is 0.298 e. The highest BCUT2D eigenvalue weighted by molar-refractivity contribution is 6.01. The first-order valence-corrected chi connectivity index (χ1v) is 6.54. The van der Waals surface area contributed by atoms with Gasteiger partial charge in [0.25, 0.3) is 0 Å². The Morgan fingerprint density at radius 1 is 1.00 bits per heavy atom. The lowest BCUT2D eigenvalue weighted by molar-refractivity contribution is 0.112. The zero-order chi connectivity index (χ0) is 13.1. The van der Waals surface area contributed by atoms with Gasteiger partial charge in [0.1, 0.15) is 6.29 Å². The van der Waals surface area contributed by atoms with Gasteiger partial charge in [0.2, 0.25) is 0 Å². The van der Waals surface area contributed by atoms with Crippen LogP contribution in [-0.2, 0) is 0 Å². The van der Waals surface area contributed by atoms with Crippen molar-refractivity contribution in [2.24, 2.45) is 4.99 Å². The van der Waals surface area contributed by atoms with Crippen LogP contribution in [0.25, 0.3) is 0 Å². The molecule has 1 aliphatic heterocycles. The van der Waals surface area contributed by atoms with Crippen molar-refractivity contribution in [3.05, 3.63) is 71.3 Å². The Kier molecular flexibility index (Phi) is 3.23. The van der Waals surface area contributed by atoms with E-state index in [4.69, 9.17) is 4.99 Å². The summed E-state index contributed by atoms with van der Waals surface area (Å²) in [5.74, 6) is 0. The number of carbonyl (C=O) groups excluding carboxylic acids is 1. The average molecular weight is 249 g/mol. The third kappa shape index (κ3) is 2.48. The van der Waals surface area contributed by atoms with Crippen LogP contribution in [0.4, 0.5) is 0 Å². The molecule has 2 nitrogen and oxygen atoms in total. The molecule has 0 bridgehead atoms. The molecule has 0 N–H and O–H groups in total. The maximum Gasteiger partial charge on any atom is 0.150 e. The highest BCUT2D eigenvalue weighted by Gasteiger charge is 2.19. The van der Waals surface area contributed by atoms with E-state index in [1.54, 1.807) is 0 Å². The van der Waals surface area contributed by atoms with E-state index in [-0.39, 0.29) is 6.04 Å². The van der Waals surface area contributed by atoms with Crippen molar-refractivity contribution in [3.63, 3.8) is 0 Å². The van der Waals surface area contributed by atoms with E-state index in [0.717, 1.165) is 19.1 Å². The fourth-order valence-corrected chi connectivity index (χ4v) is 2.48. The molecule has 94 valence electrons. The van der Waals surface area contributed by atoms with Crippen LogP contribution in [0.15, 0.2) is 59.6 Å². The van der Waals surface area contributed by atoms with Crippen molar-refractivity contribution in [2.45, 2.75) is 18.9 Å². The third-order valence-corrected chi connectivity index (χ3v) is 3.53. The minimum absolute atomic E-state index is 0.232. The van der Waals surface area contributed by atoms with Crippen LogP contribution in [0.5, 0.6) is 0 Å². The Bertz CT molecular complexity index is 599. The smallest absolute Gasteiger partial charge is 0.150 e. The van der Waals surface area contributed by atoms with E-state index in [0.29, 0.717) is 5.56 Å². The molecule has 2 aromatic rings. The second kappa shape index (κ2) is 5.19. The number of aliphatic imine (C=N–C) groups is 1. The number of benzene rings is 2. The van der Waals surface area contributed by atoms with Gasteiger partial charge >= 0.3 is 0 Å². The fraction of sp³-hybridized carbons (Fsp3) is 0.176. The Morgan fingerprint density at radius 2 is 1.74 bits per heavy atom. The first kappa shape index (κ1) is 11.8. The van der Waals surface area contributed by atoms with E-state index in [1.807, 2.05) is 42.5 Å². The molecule has 0 fully saturated rings. The minimum atomic E-state index is 0.232.